The van der Waals surface area contributed by atoms with Crippen LogP contribution in [0.4, 0.5) is 0 Å². The van der Waals surface area contributed by atoms with Crippen LogP contribution < -0.4 is 0 Å². The largest absolute Gasteiger partial charge is 0.197 e. The molecule has 0 fully saturated rings. The molecule has 0 spiro atoms. The van der Waals surface area contributed by atoms with Gasteiger partial charge in [0.05, 0.1) is 11.5 Å². The molecule has 2 heteroatoms. The van der Waals surface area contributed by atoms with E-state index in [1.165, 1.54) is 0 Å². The molecule has 0 N–H and O–H groups in total. The molecule has 74 valence electrons. The summed E-state index contributed by atoms with van der Waals surface area (Å²) >= 11 is 3.40. The van der Waals surface area contributed by atoms with E-state index >= 15 is 0 Å². The second kappa shape index (κ2) is 4.61. The Morgan fingerprint density at radius 2 is 1.71 bits per heavy atom. The Kier molecular flexibility index (Phi) is 3.71. The third kappa shape index (κ3) is 1.99. The molecule has 1 nitrogen and oxygen atoms in total. The molecule has 1 aromatic carbocycles. The number of benzene rings is 1. The minimum atomic E-state index is -0.305. The molecule has 0 aliphatic rings. The highest BCUT2D eigenvalue weighted by Crippen LogP contribution is 2.31. The summed E-state index contributed by atoms with van der Waals surface area (Å²) in [7, 11) is 0. The topological polar surface area (TPSA) is 23.8 Å². The predicted octanol–water partition coefficient (Wildman–Crippen LogP) is 4.03. The summed E-state index contributed by atoms with van der Waals surface area (Å²) in [4.78, 5) is 0. The summed E-state index contributed by atoms with van der Waals surface area (Å²) in [6, 6.07) is 10.5. The van der Waals surface area contributed by atoms with Crippen LogP contribution >= 0.6 is 15.9 Å². The fraction of sp³-hybridized carbons (Fsp3) is 0.417. The maximum atomic E-state index is 9.24. The highest BCUT2D eigenvalue weighted by molar-refractivity contribution is 9.10. The van der Waals surface area contributed by atoms with Crippen molar-refractivity contribution in [3.63, 3.8) is 0 Å². The summed E-state index contributed by atoms with van der Waals surface area (Å²) in [5.41, 5.74) is 0.814. The quantitative estimate of drug-likeness (QED) is 0.796. The molecule has 0 saturated heterocycles. The van der Waals surface area contributed by atoms with E-state index in [1.807, 2.05) is 24.3 Å². The van der Waals surface area contributed by atoms with E-state index in [1.54, 1.807) is 0 Å². The minimum Gasteiger partial charge on any atom is -0.197 e. The molecular weight excluding hydrogens is 238 g/mol. The molecule has 0 radical (unpaired) electrons. The van der Waals surface area contributed by atoms with Gasteiger partial charge in [0.2, 0.25) is 0 Å². The summed E-state index contributed by atoms with van der Waals surface area (Å²) in [5.74, 6) is 0. The van der Waals surface area contributed by atoms with Crippen LogP contribution in [0.3, 0.4) is 0 Å². The smallest absolute Gasteiger partial charge is 0.0817 e. The normalized spacial score (nSPS) is 11.0. The van der Waals surface area contributed by atoms with Crippen molar-refractivity contribution in [3.8, 4) is 6.07 Å². The van der Waals surface area contributed by atoms with Gasteiger partial charge < -0.3 is 0 Å². The molecule has 0 aromatic heterocycles. The van der Waals surface area contributed by atoms with Crippen LogP contribution in [0.15, 0.2) is 28.7 Å². The number of nitriles is 1. The van der Waals surface area contributed by atoms with Gasteiger partial charge in [-0.25, -0.2) is 0 Å². The van der Waals surface area contributed by atoms with E-state index in [2.05, 4.69) is 35.8 Å². The zero-order chi connectivity index (χ0) is 10.6. The molecule has 0 atom stereocenters. The van der Waals surface area contributed by atoms with Crippen molar-refractivity contribution in [1.29, 1.82) is 5.26 Å². The Labute approximate surface area is 93.9 Å². The number of hydrogen-bond acceptors (Lipinski definition) is 1. The lowest BCUT2D eigenvalue weighted by molar-refractivity contribution is 0.511. The van der Waals surface area contributed by atoms with Crippen molar-refractivity contribution in [2.24, 2.45) is 0 Å². The fourth-order valence-corrected chi connectivity index (χ4v) is 1.91. The Hall–Kier alpha value is -0.810. The first-order valence-corrected chi connectivity index (χ1v) is 5.65. The van der Waals surface area contributed by atoms with Crippen molar-refractivity contribution in [2.75, 3.05) is 0 Å². The first-order chi connectivity index (χ1) is 6.68. The van der Waals surface area contributed by atoms with Gasteiger partial charge in [-0.1, -0.05) is 41.9 Å². The maximum absolute atomic E-state index is 9.24. The van der Waals surface area contributed by atoms with E-state index in [-0.39, 0.29) is 5.41 Å². The van der Waals surface area contributed by atoms with Gasteiger partial charge in [-0.05, 0) is 30.5 Å². The fourth-order valence-electron chi connectivity index (χ4n) is 1.65. The third-order valence-corrected chi connectivity index (χ3v) is 3.35. The molecule has 14 heavy (non-hydrogen) atoms. The SMILES string of the molecule is CCC(C#N)(CC)c1ccc(Br)cc1. The van der Waals surface area contributed by atoms with E-state index in [0.29, 0.717) is 0 Å². The molecular formula is C12H14BrN. The Morgan fingerprint density at radius 1 is 1.21 bits per heavy atom. The highest BCUT2D eigenvalue weighted by Gasteiger charge is 2.27. The molecule has 0 unspecified atom stereocenters. The van der Waals surface area contributed by atoms with E-state index in [9.17, 15) is 5.26 Å². The van der Waals surface area contributed by atoms with Gasteiger partial charge in [-0.2, -0.15) is 5.26 Å². The molecule has 1 rings (SSSR count). The monoisotopic (exact) mass is 251 g/mol. The van der Waals surface area contributed by atoms with Crippen LogP contribution in [0, 0.1) is 11.3 Å². The average Bonchev–Trinajstić information content (AvgIpc) is 2.24. The van der Waals surface area contributed by atoms with E-state index in [4.69, 9.17) is 0 Å². The average molecular weight is 252 g/mol. The third-order valence-electron chi connectivity index (χ3n) is 2.82. The van der Waals surface area contributed by atoms with Crippen molar-refractivity contribution >= 4 is 15.9 Å². The molecule has 0 aliphatic carbocycles. The van der Waals surface area contributed by atoms with Crippen LogP contribution in [0.5, 0.6) is 0 Å². The van der Waals surface area contributed by atoms with Crippen LogP contribution in [-0.2, 0) is 5.41 Å². The first kappa shape index (κ1) is 11.3. The summed E-state index contributed by atoms with van der Waals surface area (Å²) in [5, 5.41) is 9.24. The minimum absolute atomic E-state index is 0.305. The Bertz CT molecular complexity index is 330. The van der Waals surface area contributed by atoms with Crippen molar-refractivity contribution in [2.45, 2.75) is 32.1 Å². The van der Waals surface area contributed by atoms with Gasteiger partial charge >= 0.3 is 0 Å². The standard InChI is InChI=1S/C12H14BrN/c1-3-12(4-2,9-14)10-5-7-11(13)8-6-10/h5-8H,3-4H2,1-2H3. The second-order valence-electron chi connectivity index (χ2n) is 3.41. The lowest BCUT2D eigenvalue weighted by Crippen LogP contribution is -2.21. The highest BCUT2D eigenvalue weighted by atomic mass is 79.9. The second-order valence-corrected chi connectivity index (χ2v) is 4.32. The van der Waals surface area contributed by atoms with Crippen molar-refractivity contribution < 1.29 is 0 Å². The molecule has 1 aromatic rings. The van der Waals surface area contributed by atoms with Gasteiger partial charge in [0.15, 0.2) is 0 Å². The Balaban J connectivity index is 3.13. The summed E-state index contributed by atoms with van der Waals surface area (Å²) < 4.78 is 1.06. The molecule has 0 aliphatic heterocycles. The maximum Gasteiger partial charge on any atom is 0.0817 e. The van der Waals surface area contributed by atoms with Gasteiger partial charge in [-0.3, -0.25) is 0 Å². The van der Waals surface area contributed by atoms with Gasteiger partial charge in [-0.15, -0.1) is 0 Å². The zero-order valence-electron chi connectivity index (χ0n) is 8.55. The predicted molar refractivity (Wildman–Crippen MR) is 62.0 cm³/mol. The Morgan fingerprint density at radius 3 is 2.07 bits per heavy atom. The van der Waals surface area contributed by atoms with Gasteiger partial charge in [0.25, 0.3) is 0 Å². The van der Waals surface area contributed by atoms with Crippen molar-refractivity contribution in [3.05, 3.63) is 34.3 Å². The van der Waals surface area contributed by atoms with Crippen LogP contribution in [0.1, 0.15) is 32.3 Å². The number of halogens is 1. The molecule has 0 amide bonds. The number of hydrogen-bond donors (Lipinski definition) is 0. The van der Waals surface area contributed by atoms with Crippen molar-refractivity contribution in [1.82, 2.24) is 0 Å². The van der Waals surface area contributed by atoms with Gasteiger partial charge in [0, 0.05) is 4.47 Å². The molecule has 0 heterocycles. The van der Waals surface area contributed by atoms with E-state index in [0.717, 1.165) is 22.9 Å². The first-order valence-electron chi connectivity index (χ1n) is 4.86. The van der Waals surface area contributed by atoms with Crippen LogP contribution in [-0.4, -0.2) is 0 Å². The molecule has 0 saturated carbocycles. The summed E-state index contributed by atoms with van der Waals surface area (Å²) in [6.07, 6.45) is 1.73. The lowest BCUT2D eigenvalue weighted by Gasteiger charge is -2.23. The lowest BCUT2D eigenvalue weighted by atomic mass is 9.77. The zero-order valence-corrected chi connectivity index (χ0v) is 10.1. The van der Waals surface area contributed by atoms with E-state index < -0.39 is 0 Å². The van der Waals surface area contributed by atoms with Crippen LogP contribution in [0.25, 0.3) is 0 Å². The van der Waals surface area contributed by atoms with Crippen LogP contribution in [0.2, 0.25) is 0 Å². The van der Waals surface area contributed by atoms with Gasteiger partial charge in [0.1, 0.15) is 0 Å². The molecule has 0 bridgehead atoms. The number of nitrogens with zero attached hydrogens (tertiary/aromatic N) is 1. The summed E-state index contributed by atoms with van der Waals surface area (Å²) in [6.45, 7) is 4.13. The number of rotatable bonds is 3.